The lowest BCUT2D eigenvalue weighted by Crippen LogP contribution is -2.26. The number of hydrogen-bond acceptors (Lipinski definition) is 8. The Morgan fingerprint density at radius 3 is 2.64 bits per heavy atom. The molecule has 0 spiro atoms. The van der Waals surface area contributed by atoms with E-state index >= 15 is 0 Å². The Morgan fingerprint density at radius 2 is 1.83 bits per heavy atom. The van der Waals surface area contributed by atoms with Crippen LogP contribution in [0.25, 0.3) is 38.2 Å². The quantitative estimate of drug-likeness (QED) is 0.328. The number of pyridine rings is 1. The molecule has 0 aliphatic carbocycles. The number of benzene rings is 2. The van der Waals surface area contributed by atoms with Crippen molar-refractivity contribution in [3.05, 3.63) is 99.8 Å². The molecule has 0 radical (unpaired) electrons. The van der Waals surface area contributed by atoms with E-state index in [0.29, 0.717) is 38.9 Å². The standard InChI is InChI=1S/C26H18N6O3S/c1-16-23-19(26(34)35-15-31-25(33)18-10-5-6-11-20(18)28-30-31)14-21(22-12-7-13-36-22)27-24(23)32(29-16)17-8-3-2-4-9-17/h2-14H,15H2,1H3. The number of hydrogen-bond donors (Lipinski definition) is 0. The lowest BCUT2D eigenvalue weighted by atomic mass is 10.1. The van der Waals surface area contributed by atoms with Crippen LogP contribution in [0.1, 0.15) is 16.1 Å². The monoisotopic (exact) mass is 494 g/mol. The maximum Gasteiger partial charge on any atom is 0.340 e. The van der Waals surface area contributed by atoms with E-state index < -0.39 is 5.97 Å². The number of rotatable bonds is 5. The van der Waals surface area contributed by atoms with Crippen molar-refractivity contribution in [1.29, 1.82) is 0 Å². The number of aryl methyl sites for hydroxylation is 1. The molecular formula is C26H18N6O3S. The van der Waals surface area contributed by atoms with Crippen LogP contribution in [-0.2, 0) is 11.5 Å². The second kappa shape index (κ2) is 8.82. The van der Waals surface area contributed by atoms with Crippen molar-refractivity contribution in [2.24, 2.45) is 0 Å². The molecule has 0 N–H and O–H groups in total. The Balaban J connectivity index is 1.43. The molecule has 2 aromatic carbocycles. The third-order valence-corrected chi connectivity index (χ3v) is 6.65. The van der Waals surface area contributed by atoms with Gasteiger partial charge in [0.1, 0.15) is 5.52 Å². The zero-order valence-corrected chi connectivity index (χ0v) is 19.8. The molecule has 6 aromatic rings. The van der Waals surface area contributed by atoms with Gasteiger partial charge < -0.3 is 4.74 Å². The van der Waals surface area contributed by atoms with Crippen molar-refractivity contribution in [3.63, 3.8) is 0 Å². The van der Waals surface area contributed by atoms with Gasteiger partial charge in [0.05, 0.1) is 38.3 Å². The minimum absolute atomic E-state index is 0.310. The van der Waals surface area contributed by atoms with Gasteiger partial charge in [0.25, 0.3) is 5.56 Å². The summed E-state index contributed by atoms with van der Waals surface area (Å²) >= 11 is 1.52. The summed E-state index contributed by atoms with van der Waals surface area (Å²) in [5.41, 5.74) is 3.02. The second-order valence-electron chi connectivity index (χ2n) is 8.04. The van der Waals surface area contributed by atoms with Crippen LogP contribution in [0.3, 0.4) is 0 Å². The predicted molar refractivity (Wildman–Crippen MR) is 136 cm³/mol. The van der Waals surface area contributed by atoms with E-state index in [2.05, 4.69) is 15.4 Å². The van der Waals surface area contributed by atoms with Crippen LogP contribution in [0.4, 0.5) is 0 Å². The number of carbonyl (C=O) groups is 1. The molecule has 6 rings (SSSR count). The van der Waals surface area contributed by atoms with Crippen LogP contribution in [0.5, 0.6) is 0 Å². The van der Waals surface area contributed by atoms with E-state index in [1.54, 1.807) is 35.0 Å². The van der Waals surface area contributed by atoms with Crippen molar-refractivity contribution in [2.75, 3.05) is 0 Å². The maximum absolute atomic E-state index is 13.4. The van der Waals surface area contributed by atoms with Crippen molar-refractivity contribution < 1.29 is 9.53 Å². The van der Waals surface area contributed by atoms with Gasteiger partial charge in [-0.05, 0) is 48.7 Å². The molecule has 10 heteroatoms. The normalized spacial score (nSPS) is 11.2. The number of fused-ring (bicyclic) bond motifs is 2. The highest BCUT2D eigenvalue weighted by molar-refractivity contribution is 7.13. The first kappa shape index (κ1) is 21.8. The fourth-order valence-corrected chi connectivity index (χ4v) is 4.74. The molecule has 0 fully saturated rings. The molecule has 4 heterocycles. The Morgan fingerprint density at radius 1 is 1.03 bits per heavy atom. The van der Waals surface area contributed by atoms with Crippen molar-refractivity contribution in [2.45, 2.75) is 13.7 Å². The molecule has 9 nitrogen and oxygen atoms in total. The van der Waals surface area contributed by atoms with Crippen molar-refractivity contribution >= 4 is 39.2 Å². The van der Waals surface area contributed by atoms with E-state index in [0.717, 1.165) is 15.2 Å². The zero-order chi connectivity index (χ0) is 24.6. The summed E-state index contributed by atoms with van der Waals surface area (Å²) in [5.74, 6) is -0.613. The molecule has 0 bridgehead atoms. The fourth-order valence-electron chi connectivity index (χ4n) is 4.06. The number of thiophene rings is 1. The first-order valence-corrected chi connectivity index (χ1v) is 12.0. The van der Waals surface area contributed by atoms with Crippen LogP contribution in [0.15, 0.2) is 83.0 Å². The second-order valence-corrected chi connectivity index (χ2v) is 8.98. The zero-order valence-electron chi connectivity index (χ0n) is 19.0. The van der Waals surface area contributed by atoms with Gasteiger partial charge in [-0.3, -0.25) is 4.79 Å². The van der Waals surface area contributed by atoms with Gasteiger partial charge in [-0.25, -0.2) is 14.5 Å². The number of para-hydroxylation sites is 1. The molecule has 176 valence electrons. The summed E-state index contributed by atoms with van der Waals surface area (Å²) in [4.78, 5) is 31.9. The van der Waals surface area contributed by atoms with Gasteiger partial charge in [0.15, 0.2) is 12.4 Å². The summed E-state index contributed by atoms with van der Waals surface area (Å²) in [6.07, 6.45) is 0. The van der Waals surface area contributed by atoms with Crippen molar-refractivity contribution in [3.8, 4) is 16.3 Å². The number of carbonyl (C=O) groups excluding carboxylic acids is 1. The first-order valence-electron chi connectivity index (χ1n) is 11.1. The van der Waals surface area contributed by atoms with Gasteiger partial charge in [0.2, 0.25) is 0 Å². The SMILES string of the molecule is Cc1nn(-c2ccccc2)c2nc(-c3cccs3)cc(C(=O)OCn3nnc4ccccc4c3=O)c12. The molecule has 0 aliphatic heterocycles. The van der Waals surface area contributed by atoms with Gasteiger partial charge >= 0.3 is 5.97 Å². The predicted octanol–water partition coefficient (Wildman–Crippen LogP) is 4.38. The largest absolute Gasteiger partial charge is 0.439 e. The fraction of sp³-hybridized carbons (Fsp3) is 0.0769. The van der Waals surface area contributed by atoms with Crippen LogP contribution in [-0.4, -0.2) is 35.7 Å². The van der Waals surface area contributed by atoms with E-state index in [-0.39, 0.29) is 12.3 Å². The molecule has 4 aromatic heterocycles. The Kier molecular flexibility index (Phi) is 5.34. The van der Waals surface area contributed by atoms with Gasteiger partial charge in [-0.1, -0.05) is 41.6 Å². The van der Waals surface area contributed by atoms with E-state index in [1.807, 2.05) is 54.8 Å². The molecular weight excluding hydrogens is 476 g/mol. The number of nitrogens with zero attached hydrogens (tertiary/aromatic N) is 6. The molecule has 0 aliphatic rings. The highest BCUT2D eigenvalue weighted by Crippen LogP contribution is 2.31. The Bertz CT molecular complexity index is 1790. The third-order valence-electron chi connectivity index (χ3n) is 5.75. The molecule has 36 heavy (non-hydrogen) atoms. The lowest BCUT2D eigenvalue weighted by Gasteiger charge is -2.10. The highest BCUT2D eigenvalue weighted by atomic mass is 32.1. The minimum atomic E-state index is -0.613. The van der Waals surface area contributed by atoms with Gasteiger partial charge in [-0.15, -0.1) is 16.4 Å². The number of aromatic nitrogens is 6. The lowest BCUT2D eigenvalue weighted by molar-refractivity contribution is 0.0338. The van der Waals surface area contributed by atoms with E-state index in [1.165, 1.54) is 11.3 Å². The minimum Gasteiger partial charge on any atom is -0.439 e. The highest BCUT2D eigenvalue weighted by Gasteiger charge is 2.22. The Hall–Kier alpha value is -4.70. The Labute approximate surface area is 208 Å². The summed E-state index contributed by atoms with van der Waals surface area (Å²) in [5, 5.41) is 15.5. The van der Waals surface area contributed by atoms with E-state index in [4.69, 9.17) is 9.72 Å². The van der Waals surface area contributed by atoms with Crippen LogP contribution in [0, 0.1) is 6.92 Å². The molecule has 0 unspecified atom stereocenters. The maximum atomic E-state index is 13.4. The van der Waals surface area contributed by atoms with E-state index in [9.17, 15) is 9.59 Å². The molecule has 0 atom stereocenters. The summed E-state index contributed by atoms with van der Waals surface area (Å²) in [6, 6.07) is 22.1. The molecule has 0 saturated heterocycles. The first-order chi connectivity index (χ1) is 17.6. The van der Waals surface area contributed by atoms with Crippen LogP contribution in [0.2, 0.25) is 0 Å². The van der Waals surface area contributed by atoms with Crippen molar-refractivity contribution in [1.82, 2.24) is 29.8 Å². The summed E-state index contributed by atoms with van der Waals surface area (Å²) in [6.45, 7) is 1.45. The smallest absolute Gasteiger partial charge is 0.340 e. The van der Waals surface area contributed by atoms with Gasteiger partial charge in [0, 0.05) is 0 Å². The van der Waals surface area contributed by atoms with Crippen LogP contribution >= 0.6 is 11.3 Å². The molecule has 0 amide bonds. The average molecular weight is 495 g/mol. The summed E-state index contributed by atoms with van der Waals surface area (Å²) in [7, 11) is 0. The third kappa shape index (κ3) is 3.73. The number of esters is 1. The summed E-state index contributed by atoms with van der Waals surface area (Å²) < 4.78 is 8.30. The number of ether oxygens (including phenoxy) is 1. The topological polar surface area (TPSA) is 105 Å². The van der Waals surface area contributed by atoms with Gasteiger partial charge in [-0.2, -0.15) is 9.78 Å². The molecule has 0 saturated carbocycles. The van der Waals surface area contributed by atoms with Crippen LogP contribution < -0.4 is 5.56 Å². The average Bonchev–Trinajstić information content (AvgIpc) is 3.57.